The standard InChI is InChI=1S/C57H101NO13/c1-3-5-7-9-11-12-13-14-15-16-17-18-19-20-21-22-23-24-25-26-27-28-29-30-31-32-33-34-35-37-39-41-49(62)58-45(46(61)40-38-36-10-8-6-4-2)44-68-56-54(67)52(65)55(48(43-60)70-56)71-57-53(66)51(64)50(63)47(42-59)69-57/h5,7,11-12,14-15,17-18,38,40,45-48,50-57,59-61,63-67H,3-4,6,8-10,13,16,19-37,39,41-44H2,1-2H3,(H,58,62)/b7-5-,12-11-,15-14-,18-17-,40-38+. The lowest BCUT2D eigenvalue weighted by Gasteiger charge is -2.46. The van der Waals surface area contributed by atoms with E-state index in [2.05, 4.69) is 67.8 Å². The van der Waals surface area contributed by atoms with Gasteiger partial charge in [-0.3, -0.25) is 4.79 Å². The van der Waals surface area contributed by atoms with Gasteiger partial charge in [0, 0.05) is 6.42 Å². The van der Waals surface area contributed by atoms with Crippen molar-refractivity contribution < 1.29 is 64.6 Å². The monoisotopic (exact) mass is 1010 g/mol. The molecule has 2 fully saturated rings. The third-order valence-electron chi connectivity index (χ3n) is 13.5. The Balaban J connectivity index is 1.58. The molecule has 9 N–H and O–H groups in total. The number of nitrogens with one attached hydrogen (secondary N) is 1. The van der Waals surface area contributed by atoms with Crippen LogP contribution in [0, 0.1) is 0 Å². The highest BCUT2D eigenvalue weighted by atomic mass is 16.7. The van der Waals surface area contributed by atoms with Crippen molar-refractivity contribution in [3.63, 3.8) is 0 Å². The predicted octanol–water partition coefficient (Wildman–Crippen LogP) is 8.61. The molecule has 2 aliphatic heterocycles. The number of aliphatic hydroxyl groups is 8. The van der Waals surface area contributed by atoms with Crippen LogP contribution in [0.4, 0.5) is 0 Å². The summed E-state index contributed by atoms with van der Waals surface area (Å²) in [6, 6.07) is -0.911. The second-order valence-corrected chi connectivity index (χ2v) is 19.7. The molecule has 0 bridgehead atoms. The molecule has 0 aromatic rings. The summed E-state index contributed by atoms with van der Waals surface area (Å²) < 4.78 is 22.6. The highest BCUT2D eigenvalue weighted by Gasteiger charge is 2.51. The molecule has 2 rings (SSSR count). The molecule has 2 saturated heterocycles. The average molecular weight is 1010 g/mol. The van der Waals surface area contributed by atoms with Crippen LogP contribution in [-0.4, -0.2) is 140 Å². The molecule has 1 amide bonds. The van der Waals surface area contributed by atoms with Crippen LogP contribution in [0.5, 0.6) is 0 Å². The van der Waals surface area contributed by atoms with Gasteiger partial charge in [0.2, 0.25) is 5.91 Å². The molecule has 2 heterocycles. The Morgan fingerprint density at radius 1 is 0.521 bits per heavy atom. The van der Waals surface area contributed by atoms with Crippen molar-refractivity contribution in [2.75, 3.05) is 19.8 Å². The highest BCUT2D eigenvalue weighted by Crippen LogP contribution is 2.30. The lowest BCUT2D eigenvalue weighted by atomic mass is 9.97. The van der Waals surface area contributed by atoms with E-state index in [9.17, 15) is 45.6 Å². The number of hydrogen-bond donors (Lipinski definition) is 9. The van der Waals surface area contributed by atoms with Crippen molar-refractivity contribution in [3.8, 4) is 0 Å². The Kier molecular flexibility index (Phi) is 39.2. The number of allylic oxidation sites excluding steroid dienone is 9. The average Bonchev–Trinajstić information content (AvgIpc) is 3.37. The van der Waals surface area contributed by atoms with E-state index in [-0.39, 0.29) is 18.9 Å². The first-order valence-corrected chi connectivity index (χ1v) is 28.0. The molecule has 0 saturated carbocycles. The van der Waals surface area contributed by atoms with Gasteiger partial charge in [-0.05, 0) is 57.8 Å². The maximum absolute atomic E-state index is 13.1. The summed E-state index contributed by atoms with van der Waals surface area (Å²) in [5, 5.41) is 86.4. The van der Waals surface area contributed by atoms with Gasteiger partial charge in [-0.25, -0.2) is 0 Å². The van der Waals surface area contributed by atoms with Gasteiger partial charge in [0.1, 0.15) is 48.8 Å². The van der Waals surface area contributed by atoms with Crippen molar-refractivity contribution in [2.24, 2.45) is 0 Å². The normalized spacial score (nSPS) is 26.2. The second-order valence-electron chi connectivity index (χ2n) is 19.7. The Morgan fingerprint density at radius 3 is 1.49 bits per heavy atom. The van der Waals surface area contributed by atoms with Crippen molar-refractivity contribution in [2.45, 2.75) is 274 Å². The predicted molar refractivity (Wildman–Crippen MR) is 281 cm³/mol. The molecule has 71 heavy (non-hydrogen) atoms. The number of amides is 1. The zero-order valence-corrected chi connectivity index (χ0v) is 43.9. The van der Waals surface area contributed by atoms with E-state index >= 15 is 0 Å². The van der Waals surface area contributed by atoms with E-state index in [0.717, 1.165) is 77.0 Å². The minimum atomic E-state index is -1.79. The fourth-order valence-corrected chi connectivity index (χ4v) is 8.93. The van der Waals surface area contributed by atoms with Gasteiger partial charge >= 0.3 is 0 Å². The second kappa shape index (κ2) is 43.0. The van der Waals surface area contributed by atoms with E-state index in [1.165, 1.54) is 96.3 Å². The molecular weight excluding hydrogens is 907 g/mol. The lowest BCUT2D eigenvalue weighted by Crippen LogP contribution is -2.65. The quantitative estimate of drug-likeness (QED) is 0.0206. The summed E-state index contributed by atoms with van der Waals surface area (Å²) in [5.41, 5.74) is 0. The van der Waals surface area contributed by atoms with Crippen molar-refractivity contribution in [1.82, 2.24) is 5.32 Å². The maximum atomic E-state index is 13.1. The smallest absolute Gasteiger partial charge is 0.220 e. The molecule has 2 aliphatic rings. The maximum Gasteiger partial charge on any atom is 0.220 e. The van der Waals surface area contributed by atoms with Crippen LogP contribution in [0.15, 0.2) is 60.8 Å². The van der Waals surface area contributed by atoms with Crippen LogP contribution in [-0.2, 0) is 23.7 Å². The molecule has 412 valence electrons. The Morgan fingerprint density at radius 2 is 0.972 bits per heavy atom. The molecule has 12 unspecified atom stereocenters. The minimum absolute atomic E-state index is 0.246. The van der Waals surface area contributed by atoms with E-state index in [1.807, 2.05) is 6.08 Å². The summed E-state index contributed by atoms with van der Waals surface area (Å²) in [5.74, 6) is -0.246. The van der Waals surface area contributed by atoms with E-state index < -0.39 is 86.8 Å². The van der Waals surface area contributed by atoms with Gasteiger partial charge in [0.15, 0.2) is 12.6 Å². The SMILES string of the molecule is CC/C=C\C/C=C\C/C=C\C/C=C\CCCCCCCCCCCCCCCCCCCCC(=O)NC(COC1OC(CO)C(OC2OC(CO)C(O)C(O)C2O)C(O)C1O)C(O)/C=C/CCCCCC. The van der Waals surface area contributed by atoms with Gasteiger partial charge in [-0.2, -0.15) is 0 Å². The van der Waals surface area contributed by atoms with Crippen LogP contribution in [0.2, 0.25) is 0 Å². The Bertz CT molecular complexity index is 1420. The molecule has 0 spiro atoms. The van der Waals surface area contributed by atoms with Crippen LogP contribution in [0.3, 0.4) is 0 Å². The molecule has 0 radical (unpaired) electrons. The topological polar surface area (TPSA) is 228 Å². The molecule has 0 aromatic heterocycles. The van der Waals surface area contributed by atoms with Gasteiger partial charge in [-0.15, -0.1) is 0 Å². The van der Waals surface area contributed by atoms with Gasteiger partial charge in [0.25, 0.3) is 0 Å². The van der Waals surface area contributed by atoms with Crippen LogP contribution in [0.25, 0.3) is 0 Å². The Hall–Kier alpha value is -2.31. The van der Waals surface area contributed by atoms with Crippen LogP contribution in [0.1, 0.15) is 200 Å². The number of carbonyl (C=O) groups is 1. The third-order valence-corrected chi connectivity index (χ3v) is 13.5. The van der Waals surface area contributed by atoms with Crippen LogP contribution < -0.4 is 5.32 Å². The molecule has 0 aromatic carbocycles. The molecule has 0 aliphatic carbocycles. The largest absolute Gasteiger partial charge is 0.394 e. The fraction of sp³-hybridized carbons (Fsp3) is 0.807. The van der Waals surface area contributed by atoms with E-state index in [0.29, 0.717) is 6.42 Å². The van der Waals surface area contributed by atoms with Gasteiger partial charge in [-0.1, -0.05) is 197 Å². The number of carbonyl (C=O) groups excluding carboxylic acids is 1. The summed E-state index contributed by atoms with van der Waals surface area (Å²) in [6.45, 7) is 2.58. The first-order chi connectivity index (χ1) is 34.6. The van der Waals surface area contributed by atoms with Crippen molar-refractivity contribution in [1.29, 1.82) is 0 Å². The number of aliphatic hydroxyl groups excluding tert-OH is 8. The third kappa shape index (κ3) is 29.4. The van der Waals surface area contributed by atoms with E-state index in [4.69, 9.17) is 18.9 Å². The lowest BCUT2D eigenvalue weighted by molar-refractivity contribution is -0.359. The van der Waals surface area contributed by atoms with Crippen LogP contribution >= 0.6 is 0 Å². The number of rotatable bonds is 43. The first-order valence-electron chi connectivity index (χ1n) is 28.0. The van der Waals surface area contributed by atoms with Crippen molar-refractivity contribution in [3.05, 3.63) is 60.8 Å². The summed E-state index contributed by atoms with van der Waals surface area (Å²) in [6.07, 6.45) is 37.6. The van der Waals surface area contributed by atoms with E-state index in [1.54, 1.807) is 6.08 Å². The number of unbranched alkanes of at least 4 members (excludes halogenated alkanes) is 22. The summed E-state index contributed by atoms with van der Waals surface area (Å²) in [7, 11) is 0. The Labute approximate surface area is 428 Å². The minimum Gasteiger partial charge on any atom is -0.394 e. The number of ether oxygens (including phenoxy) is 4. The molecular formula is C57H101NO13. The summed E-state index contributed by atoms with van der Waals surface area (Å²) in [4.78, 5) is 13.1. The van der Waals surface area contributed by atoms with Gasteiger partial charge in [0.05, 0.1) is 32.0 Å². The highest BCUT2D eigenvalue weighted by molar-refractivity contribution is 5.76. The first kappa shape index (κ1) is 64.8. The molecule has 12 atom stereocenters. The molecule has 14 heteroatoms. The molecule has 14 nitrogen and oxygen atoms in total. The van der Waals surface area contributed by atoms with Gasteiger partial charge < -0.3 is 65.1 Å². The van der Waals surface area contributed by atoms with Crippen molar-refractivity contribution >= 4 is 5.91 Å². The zero-order chi connectivity index (χ0) is 51.7. The summed E-state index contributed by atoms with van der Waals surface area (Å²) >= 11 is 0. The number of hydrogen-bond acceptors (Lipinski definition) is 13. The fourth-order valence-electron chi connectivity index (χ4n) is 8.93. The zero-order valence-electron chi connectivity index (χ0n) is 43.9.